The summed E-state index contributed by atoms with van der Waals surface area (Å²) in [5.74, 6) is -0.563. The molecule has 0 unspecified atom stereocenters. The molecule has 0 bridgehead atoms. The molecule has 0 aliphatic rings. The third-order valence-corrected chi connectivity index (χ3v) is 3.14. The van der Waals surface area contributed by atoms with E-state index in [-0.39, 0.29) is 0 Å². The molecule has 104 valence electrons. The molecule has 2 rings (SSSR count). The number of pyridine rings is 1. The van der Waals surface area contributed by atoms with Crippen molar-refractivity contribution in [1.29, 1.82) is 0 Å². The lowest BCUT2D eigenvalue weighted by Gasteiger charge is -2.07. The lowest BCUT2D eigenvalue weighted by atomic mass is 10.1. The van der Waals surface area contributed by atoms with Crippen LogP contribution in [0.25, 0.3) is 11.3 Å². The van der Waals surface area contributed by atoms with E-state index in [4.69, 9.17) is 5.73 Å². The van der Waals surface area contributed by atoms with Crippen LogP contribution in [0.3, 0.4) is 0 Å². The van der Waals surface area contributed by atoms with Crippen LogP contribution in [0.1, 0.15) is 10.4 Å². The number of hydrogen-bond donors (Lipinski definition) is 2. The van der Waals surface area contributed by atoms with Crippen LogP contribution in [0.2, 0.25) is 0 Å². The predicted octanol–water partition coefficient (Wildman–Crippen LogP) is 1.22. The molecular weight excluding hydrogens is 278 g/mol. The second-order valence-corrected chi connectivity index (χ2v) is 5.96. The second kappa shape index (κ2) is 5.30. The Balaban J connectivity index is 2.38. The Hall–Kier alpha value is -2.41. The Morgan fingerprint density at radius 1 is 1.20 bits per heavy atom. The number of anilines is 1. The monoisotopic (exact) mass is 291 g/mol. The molecule has 1 heterocycles. The number of amides is 1. The van der Waals surface area contributed by atoms with Crippen molar-refractivity contribution in [2.24, 2.45) is 5.73 Å². The molecule has 0 aliphatic heterocycles. The number of benzene rings is 1. The van der Waals surface area contributed by atoms with Crippen molar-refractivity contribution in [3.05, 3.63) is 48.2 Å². The van der Waals surface area contributed by atoms with Gasteiger partial charge in [0.2, 0.25) is 10.0 Å². The fourth-order valence-electron chi connectivity index (χ4n) is 1.74. The number of rotatable bonds is 4. The Morgan fingerprint density at radius 3 is 2.40 bits per heavy atom. The van der Waals surface area contributed by atoms with Gasteiger partial charge < -0.3 is 5.73 Å². The molecule has 0 atom stereocenters. The third kappa shape index (κ3) is 3.33. The van der Waals surface area contributed by atoms with Crippen molar-refractivity contribution in [1.82, 2.24) is 4.98 Å². The minimum atomic E-state index is -3.32. The average molecular weight is 291 g/mol. The highest BCUT2D eigenvalue weighted by atomic mass is 32.2. The zero-order valence-corrected chi connectivity index (χ0v) is 11.5. The maximum absolute atomic E-state index is 11.3. The van der Waals surface area contributed by atoms with Crippen molar-refractivity contribution in [3.63, 3.8) is 0 Å². The Kier molecular flexibility index (Phi) is 3.71. The first kappa shape index (κ1) is 14.0. The van der Waals surface area contributed by atoms with Gasteiger partial charge in [-0.05, 0) is 24.3 Å². The fourth-order valence-corrected chi connectivity index (χ4v) is 2.31. The van der Waals surface area contributed by atoms with Gasteiger partial charge in [0.1, 0.15) is 0 Å². The van der Waals surface area contributed by atoms with Gasteiger partial charge in [0.05, 0.1) is 17.5 Å². The molecule has 6 nitrogen and oxygen atoms in total. The van der Waals surface area contributed by atoms with Crippen molar-refractivity contribution < 1.29 is 13.2 Å². The summed E-state index contributed by atoms with van der Waals surface area (Å²) in [6, 6.07) is 9.74. The molecule has 7 heteroatoms. The largest absolute Gasteiger partial charge is 0.366 e. The topological polar surface area (TPSA) is 102 Å². The normalized spacial score (nSPS) is 11.1. The zero-order valence-electron chi connectivity index (χ0n) is 10.7. The molecule has 0 fully saturated rings. The molecule has 0 saturated carbocycles. The van der Waals surface area contributed by atoms with E-state index in [0.717, 1.165) is 6.26 Å². The number of nitrogens with two attached hydrogens (primary N) is 1. The summed E-state index contributed by atoms with van der Waals surface area (Å²) in [4.78, 5) is 15.5. The van der Waals surface area contributed by atoms with Gasteiger partial charge in [0.15, 0.2) is 0 Å². The van der Waals surface area contributed by atoms with Crippen molar-refractivity contribution in [3.8, 4) is 11.3 Å². The quantitative estimate of drug-likeness (QED) is 0.884. The Bertz CT molecular complexity index is 740. The van der Waals surface area contributed by atoms with E-state index in [0.29, 0.717) is 22.5 Å². The molecule has 2 aromatic rings. The van der Waals surface area contributed by atoms with Crippen molar-refractivity contribution >= 4 is 21.6 Å². The molecule has 1 aromatic carbocycles. The average Bonchev–Trinajstić information content (AvgIpc) is 2.38. The molecule has 20 heavy (non-hydrogen) atoms. The summed E-state index contributed by atoms with van der Waals surface area (Å²) in [5, 5.41) is 0. The molecule has 0 saturated heterocycles. The maximum atomic E-state index is 11.3. The van der Waals surface area contributed by atoms with Gasteiger partial charge in [-0.1, -0.05) is 12.1 Å². The summed E-state index contributed by atoms with van der Waals surface area (Å²) in [7, 11) is -3.32. The number of nitrogens with zero attached hydrogens (tertiary/aromatic N) is 1. The highest BCUT2D eigenvalue weighted by Crippen LogP contribution is 2.23. The summed E-state index contributed by atoms with van der Waals surface area (Å²) in [6.07, 6.45) is 2.63. The fraction of sp³-hybridized carbons (Fsp3) is 0.0769. The maximum Gasteiger partial charge on any atom is 0.250 e. The SMILES string of the molecule is CS(=O)(=O)Nc1ccc(-c2ncccc2C(N)=O)cc1. The minimum Gasteiger partial charge on any atom is -0.366 e. The molecule has 0 aliphatic carbocycles. The van der Waals surface area contributed by atoms with Crippen LogP contribution >= 0.6 is 0 Å². The number of aromatic nitrogens is 1. The van der Waals surface area contributed by atoms with Gasteiger partial charge in [-0.15, -0.1) is 0 Å². The molecular formula is C13H13N3O3S. The lowest BCUT2D eigenvalue weighted by Crippen LogP contribution is -2.13. The number of primary amides is 1. The first-order valence-corrected chi connectivity index (χ1v) is 7.59. The van der Waals surface area contributed by atoms with Crippen LogP contribution in [-0.2, 0) is 10.0 Å². The Morgan fingerprint density at radius 2 is 1.85 bits per heavy atom. The van der Waals surface area contributed by atoms with Crippen LogP contribution in [0.5, 0.6) is 0 Å². The first-order chi connectivity index (χ1) is 9.37. The van der Waals surface area contributed by atoms with Gasteiger partial charge in [-0.3, -0.25) is 14.5 Å². The second-order valence-electron chi connectivity index (χ2n) is 4.22. The summed E-state index contributed by atoms with van der Waals surface area (Å²) < 4.78 is 24.6. The van der Waals surface area contributed by atoms with Crippen LogP contribution in [-0.4, -0.2) is 25.6 Å². The summed E-state index contributed by atoms with van der Waals surface area (Å²) in [5.41, 5.74) is 7.19. The van der Waals surface area contributed by atoms with Gasteiger partial charge in [0.25, 0.3) is 5.91 Å². The zero-order chi connectivity index (χ0) is 14.8. The van der Waals surface area contributed by atoms with Gasteiger partial charge in [-0.25, -0.2) is 8.42 Å². The lowest BCUT2D eigenvalue weighted by molar-refractivity contribution is 0.100. The number of nitrogens with one attached hydrogen (secondary N) is 1. The van der Waals surface area contributed by atoms with E-state index in [1.807, 2.05) is 0 Å². The number of sulfonamides is 1. The molecule has 0 spiro atoms. The van der Waals surface area contributed by atoms with E-state index in [2.05, 4.69) is 9.71 Å². The molecule has 0 radical (unpaired) electrons. The van der Waals surface area contributed by atoms with Crippen molar-refractivity contribution in [2.45, 2.75) is 0 Å². The van der Waals surface area contributed by atoms with E-state index < -0.39 is 15.9 Å². The van der Waals surface area contributed by atoms with Crippen molar-refractivity contribution in [2.75, 3.05) is 11.0 Å². The molecule has 3 N–H and O–H groups in total. The molecule has 1 amide bonds. The van der Waals surface area contributed by atoms with Crippen LogP contribution in [0, 0.1) is 0 Å². The summed E-state index contributed by atoms with van der Waals surface area (Å²) in [6.45, 7) is 0. The predicted molar refractivity (Wildman–Crippen MR) is 76.7 cm³/mol. The first-order valence-electron chi connectivity index (χ1n) is 5.70. The van der Waals surface area contributed by atoms with Crippen LogP contribution in [0.4, 0.5) is 5.69 Å². The van der Waals surface area contributed by atoms with Crippen LogP contribution < -0.4 is 10.5 Å². The molecule has 1 aromatic heterocycles. The van der Waals surface area contributed by atoms with E-state index >= 15 is 0 Å². The highest BCUT2D eigenvalue weighted by molar-refractivity contribution is 7.92. The van der Waals surface area contributed by atoms with Gasteiger partial charge in [0, 0.05) is 17.4 Å². The van der Waals surface area contributed by atoms with E-state index in [1.165, 1.54) is 0 Å². The number of hydrogen-bond acceptors (Lipinski definition) is 4. The standard InChI is InChI=1S/C13H13N3O3S/c1-20(18,19)16-10-6-4-9(5-7-10)12-11(13(14)17)3-2-8-15-12/h2-8,16H,1H3,(H2,14,17). The van der Waals surface area contributed by atoms with E-state index in [9.17, 15) is 13.2 Å². The number of carbonyl (C=O) groups excluding carboxylic acids is 1. The third-order valence-electron chi connectivity index (χ3n) is 2.53. The Labute approximate surface area is 116 Å². The van der Waals surface area contributed by atoms with Gasteiger partial charge >= 0.3 is 0 Å². The van der Waals surface area contributed by atoms with E-state index in [1.54, 1.807) is 42.6 Å². The smallest absolute Gasteiger partial charge is 0.250 e. The summed E-state index contributed by atoms with van der Waals surface area (Å²) >= 11 is 0. The van der Waals surface area contributed by atoms with Gasteiger partial charge in [-0.2, -0.15) is 0 Å². The minimum absolute atomic E-state index is 0.316. The van der Waals surface area contributed by atoms with Crippen LogP contribution in [0.15, 0.2) is 42.6 Å². The highest BCUT2D eigenvalue weighted by Gasteiger charge is 2.11. The number of carbonyl (C=O) groups is 1.